The van der Waals surface area contributed by atoms with Gasteiger partial charge in [-0.3, -0.25) is 9.98 Å². The highest BCUT2D eigenvalue weighted by Gasteiger charge is 1.97. The lowest BCUT2D eigenvalue weighted by molar-refractivity contribution is 0.986. The number of rotatable bonds is 0. The van der Waals surface area contributed by atoms with Crippen LogP contribution in [-0.2, 0) is 0 Å². The number of aliphatic imine (C=N–C) groups is 1. The molecule has 1 aliphatic heterocycles. The van der Waals surface area contributed by atoms with Crippen LogP contribution in [0.1, 0.15) is 78.9 Å². The first-order valence-corrected chi connectivity index (χ1v) is 10.3. The Kier molecular flexibility index (Phi) is 24.6. The SMILES string of the molecule is CC.CC.CC.CC1=C(C)N=CC1.Cc1ncc(C)c(C)n1.c1ccncc1. The maximum atomic E-state index is 4.16. The molecular weight excluding hydrogens is 344 g/mol. The van der Waals surface area contributed by atoms with Crippen molar-refractivity contribution in [3.8, 4) is 0 Å². The molecule has 158 valence electrons. The molecule has 0 radical (unpaired) electrons. The lowest BCUT2D eigenvalue weighted by Crippen LogP contribution is -1.92. The molecule has 0 saturated carbocycles. The van der Waals surface area contributed by atoms with Crippen LogP contribution in [-0.4, -0.2) is 21.2 Å². The van der Waals surface area contributed by atoms with Gasteiger partial charge in [0.05, 0.1) is 0 Å². The van der Waals surface area contributed by atoms with E-state index in [1.807, 2.05) is 99.8 Å². The molecule has 0 aromatic carbocycles. The first kappa shape index (κ1) is 30.4. The van der Waals surface area contributed by atoms with Crippen LogP contribution in [0.4, 0.5) is 0 Å². The molecule has 4 heteroatoms. The van der Waals surface area contributed by atoms with Gasteiger partial charge in [0, 0.05) is 42.6 Å². The van der Waals surface area contributed by atoms with Gasteiger partial charge in [0.15, 0.2) is 0 Å². The third-order valence-electron chi connectivity index (χ3n) is 3.21. The molecule has 0 atom stereocenters. The Balaban J connectivity index is -0.000000299. The fourth-order valence-electron chi connectivity index (χ4n) is 1.53. The van der Waals surface area contributed by atoms with Crippen LogP contribution < -0.4 is 0 Å². The Labute approximate surface area is 174 Å². The first-order chi connectivity index (χ1) is 13.5. The minimum absolute atomic E-state index is 0.845. The summed E-state index contributed by atoms with van der Waals surface area (Å²) in [4.78, 5) is 16.0. The van der Waals surface area contributed by atoms with E-state index in [2.05, 4.69) is 26.9 Å². The van der Waals surface area contributed by atoms with Gasteiger partial charge in [-0.05, 0) is 57.9 Å². The van der Waals surface area contributed by atoms with Crippen LogP contribution in [0.2, 0.25) is 0 Å². The Morgan fingerprint density at radius 2 is 1.29 bits per heavy atom. The molecule has 0 fully saturated rings. The number of aryl methyl sites for hydroxylation is 3. The van der Waals surface area contributed by atoms with Crippen molar-refractivity contribution in [1.82, 2.24) is 15.0 Å². The van der Waals surface area contributed by atoms with Gasteiger partial charge in [-0.15, -0.1) is 0 Å². The van der Waals surface area contributed by atoms with Gasteiger partial charge < -0.3 is 0 Å². The molecule has 3 rings (SSSR count). The van der Waals surface area contributed by atoms with Crippen molar-refractivity contribution in [2.75, 3.05) is 0 Å². The highest BCUT2D eigenvalue weighted by Crippen LogP contribution is 2.12. The van der Waals surface area contributed by atoms with Crippen molar-refractivity contribution in [3.05, 3.63) is 65.1 Å². The Morgan fingerprint density at radius 1 is 0.750 bits per heavy atom. The molecule has 0 saturated heterocycles. The predicted octanol–water partition coefficient (Wildman–Crippen LogP) is 7.32. The van der Waals surface area contributed by atoms with Crippen molar-refractivity contribution < 1.29 is 0 Å². The summed E-state index contributed by atoms with van der Waals surface area (Å²) in [6.45, 7) is 22.0. The summed E-state index contributed by atoms with van der Waals surface area (Å²) < 4.78 is 0. The first-order valence-electron chi connectivity index (χ1n) is 10.3. The van der Waals surface area contributed by atoms with Crippen LogP contribution in [0.25, 0.3) is 0 Å². The normalized spacial score (nSPS) is 10.2. The number of hydrogen-bond acceptors (Lipinski definition) is 4. The fourth-order valence-corrected chi connectivity index (χ4v) is 1.53. The maximum Gasteiger partial charge on any atom is 0.125 e. The average Bonchev–Trinajstić information content (AvgIpc) is 3.14. The minimum Gasteiger partial charge on any atom is -0.266 e. The number of pyridine rings is 1. The van der Waals surface area contributed by atoms with Crippen LogP contribution in [0.5, 0.6) is 0 Å². The second kappa shape index (κ2) is 22.7. The number of nitrogens with zero attached hydrogens (tertiary/aromatic N) is 4. The third-order valence-corrected chi connectivity index (χ3v) is 3.21. The van der Waals surface area contributed by atoms with Crippen molar-refractivity contribution in [3.63, 3.8) is 0 Å². The van der Waals surface area contributed by atoms with Crippen LogP contribution in [0.15, 0.2) is 53.1 Å². The molecule has 4 nitrogen and oxygen atoms in total. The van der Waals surface area contributed by atoms with E-state index in [9.17, 15) is 0 Å². The van der Waals surface area contributed by atoms with E-state index in [0.29, 0.717) is 0 Å². The molecule has 0 unspecified atom stereocenters. The van der Waals surface area contributed by atoms with Crippen molar-refractivity contribution in [2.45, 2.75) is 82.6 Å². The van der Waals surface area contributed by atoms with E-state index < -0.39 is 0 Å². The molecule has 3 heterocycles. The highest BCUT2D eigenvalue weighted by molar-refractivity contribution is 5.66. The van der Waals surface area contributed by atoms with Gasteiger partial charge >= 0.3 is 0 Å². The highest BCUT2D eigenvalue weighted by atomic mass is 14.9. The molecule has 2 aromatic heterocycles. The maximum absolute atomic E-state index is 4.16. The van der Waals surface area contributed by atoms with Gasteiger partial charge in [0.2, 0.25) is 0 Å². The van der Waals surface area contributed by atoms with Gasteiger partial charge in [-0.1, -0.05) is 47.6 Å². The average molecular weight is 387 g/mol. The third kappa shape index (κ3) is 17.1. The topological polar surface area (TPSA) is 51.0 Å². The largest absolute Gasteiger partial charge is 0.266 e. The summed E-state index contributed by atoms with van der Waals surface area (Å²) in [5, 5.41) is 0. The molecule has 2 aromatic rings. The van der Waals surface area contributed by atoms with E-state index in [4.69, 9.17) is 0 Å². The summed E-state index contributed by atoms with van der Waals surface area (Å²) in [7, 11) is 0. The Hall–Kier alpha value is -2.36. The van der Waals surface area contributed by atoms with E-state index in [1.165, 1.54) is 11.3 Å². The van der Waals surface area contributed by atoms with Gasteiger partial charge in [-0.25, -0.2) is 9.97 Å². The lowest BCUT2D eigenvalue weighted by atomic mass is 10.2. The molecule has 0 bridgehead atoms. The van der Waals surface area contributed by atoms with Crippen molar-refractivity contribution in [1.29, 1.82) is 0 Å². The van der Waals surface area contributed by atoms with Crippen LogP contribution in [0.3, 0.4) is 0 Å². The van der Waals surface area contributed by atoms with E-state index in [-0.39, 0.29) is 0 Å². The monoisotopic (exact) mass is 386 g/mol. The number of aromatic nitrogens is 3. The number of hydrogen-bond donors (Lipinski definition) is 0. The fraction of sp³-hybridized carbons (Fsp3) is 0.500. The Morgan fingerprint density at radius 3 is 1.50 bits per heavy atom. The van der Waals surface area contributed by atoms with Gasteiger partial charge in [-0.2, -0.15) is 0 Å². The summed E-state index contributed by atoms with van der Waals surface area (Å²) in [5.74, 6) is 0.845. The van der Waals surface area contributed by atoms with E-state index >= 15 is 0 Å². The molecule has 0 aliphatic carbocycles. The van der Waals surface area contributed by atoms with Gasteiger partial charge in [0.1, 0.15) is 5.82 Å². The quantitative estimate of drug-likeness (QED) is 0.476. The molecule has 0 N–H and O–H groups in total. The standard InChI is InChI=1S/C7H10N2.C6H9N.C5H5N.3C2H6/c1-5-4-8-7(3)9-6(5)2;1-5-3-4-7-6(5)2;1-2-4-6-5-3-1;3*1-2/h4H,1-3H3;4H,3H2,1-2H3;1-5H;3*1-2H3. The minimum atomic E-state index is 0.845. The zero-order chi connectivity index (χ0) is 22.4. The summed E-state index contributed by atoms with van der Waals surface area (Å²) in [6.07, 6.45) is 8.36. The molecule has 0 amide bonds. The van der Waals surface area contributed by atoms with Crippen LogP contribution in [0, 0.1) is 20.8 Å². The summed E-state index contributed by atoms with van der Waals surface area (Å²) in [6, 6.07) is 5.72. The second-order valence-electron chi connectivity index (χ2n) is 5.09. The zero-order valence-corrected chi connectivity index (χ0v) is 20.0. The van der Waals surface area contributed by atoms with E-state index in [1.54, 1.807) is 12.4 Å². The predicted molar refractivity (Wildman–Crippen MR) is 126 cm³/mol. The zero-order valence-electron chi connectivity index (χ0n) is 20.0. The molecule has 28 heavy (non-hydrogen) atoms. The number of allylic oxidation sites excluding steroid dienone is 2. The van der Waals surface area contributed by atoms with Crippen molar-refractivity contribution >= 4 is 6.21 Å². The Bertz CT molecular complexity index is 606. The molecular formula is C24H42N4. The van der Waals surface area contributed by atoms with Crippen LogP contribution >= 0.6 is 0 Å². The van der Waals surface area contributed by atoms with Crippen molar-refractivity contribution in [2.24, 2.45) is 4.99 Å². The van der Waals surface area contributed by atoms with E-state index in [0.717, 1.165) is 23.5 Å². The molecule has 0 spiro atoms. The van der Waals surface area contributed by atoms with Gasteiger partial charge in [0.25, 0.3) is 0 Å². The molecule has 1 aliphatic rings. The summed E-state index contributed by atoms with van der Waals surface area (Å²) >= 11 is 0. The second-order valence-corrected chi connectivity index (χ2v) is 5.09. The smallest absolute Gasteiger partial charge is 0.125 e. The summed E-state index contributed by atoms with van der Waals surface area (Å²) in [5.41, 5.74) is 4.82. The lowest BCUT2D eigenvalue weighted by Gasteiger charge is -1.96.